The summed E-state index contributed by atoms with van der Waals surface area (Å²) in [5.41, 5.74) is 2.01. The molecule has 1 heterocycles. The summed E-state index contributed by atoms with van der Waals surface area (Å²) in [5.74, 6) is 1.49. The van der Waals surface area contributed by atoms with E-state index in [1.165, 1.54) is 17.7 Å². The van der Waals surface area contributed by atoms with Crippen molar-refractivity contribution in [2.24, 2.45) is 5.10 Å². The molecule has 3 aromatic rings. The number of thioether (sulfide) groups is 1. The van der Waals surface area contributed by atoms with Crippen LogP contribution in [0.3, 0.4) is 0 Å². The molecule has 0 atom stereocenters. The van der Waals surface area contributed by atoms with Gasteiger partial charge in [-0.3, -0.25) is 0 Å². The molecule has 134 valence electrons. The van der Waals surface area contributed by atoms with Crippen LogP contribution in [0.5, 0.6) is 0 Å². The van der Waals surface area contributed by atoms with E-state index in [2.05, 4.69) is 57.2 Å². The Kier molecular flexibility index (Phi) is 6.21. The topological polar surface area (TPSA) is 43.1 Å². The van der Waals surface area contributed by atoms with Gasteiger partial charge in [0.25, 0.3) is 0 Å². The van der Waals surface area contributed by atoms with Crippen molar-refractivity contribution in [3.05, 3.63) is 75.8 Å². The minimum atomic E-state index is -0.264. The largest absolute Gasteiger partial charge is 0.212 e. The van der Waals surface area contributed by atoms with E-state index < -0.39 is 0 Å². The van der Waals surface area contributed by atoms with Crippen LogP contribution in [-0.2, 0) is 5.75 Å². The van der Waals surface area contributed by atoms with Gasteiger partial charge in [-0.1, -0.05) is 65.8 Å². The van der Waals surface area contributed by atoms with Crippen molar-refractivity contribution >= 4 is 33.9 Å². The van der Waals surface area contributed by atoms with E-state index >= 15 is 0 Å². The maximum Gasteiger partial charge on any atom is 0.212 e. The quantitative estimate of drug-likeness (QED) is 0.382. The third-order valence-electron chi connectivity index (χ3n) is 3.63. The monoisotopic (exact) mass is 432 g/mol. The Morgan fingerprint density at radius 2 is 1.81 bits per heavy atom. The summed E-state index contributed by atoms with van der Waals surface area (Å²) in [6.45, 7) is 4.11. The fourth-order valence-corrected chi connectivity index (χ4v) is 3.35. The molecule has 0 aliphatic carbocycles. The summed E-state index contributed by atoms with van der Waals surface area (Å²) < 4.78 is 15.9. The second kappa shape index (κ2) is 8.60. The molecule has 0 aliphatic rings. The Hall–Kier alpha value is -1.99. The molecule has 4 nitrogen and oxygen atoms in total. The van der Waals surface area contributed by atoms with Crippen molar-refractivity contribution in [2.45, 2.75) is 30.7 Å². The zero-order chi connectivity index (χ0) is 18.5. The zero-order valence-electron chi connectivity index (χ0n) is 14.4. The Balaban J connectivity index is 1.81. The van der Waals surface area contributed by atoms with Crippen LogP contribution in [0.2, 0.25) is 0 Å². The number of halogens is 2. The first kappa shape index (κ1) is 18.8. The van der Waals surface area contributed by atoms with Gasteiger partial charge in [0.15, 0.2) is 5.82 Å². The van der Waals surface area contributed by atoms with Gasteiger partial charge in [0.05, 0.1) is 6.21 Å². The molecule has 0 bridgehead atoms. The number of benzene rings is 2. The lowest BCUT2D eigenvalue weighted by molar-refractivity contribution is 0.627. The smallest absolute Gasteiger partial charge is 0.207 e. The maximum atomic E-state index is 13.0. The molecule has 0 N–H and O–H groups in total. The number of hydrogen-bond acceptors (Lipinski definition) is 4. The zero-order valence-corrected chi connectivity index (χ0v) is 16.8. The van der Waals surface area contributed by atoms with Crippen LogP contribution in [0.4, 0.5) is 4.39 Å². The highest BCUT2D eigenvalue weighted by atomic mass is 79.9. The van der Waals surface area contributed by atoms with Gasteiger partial charge in [-0.2, -0.15) is 9.78 Å². The van der Waals surface area contributed by atoms with E-state index in [0.717, 1.165) is 26.8 Å². The fourth-order valence-electron chi connectivity index (χ4n) is 2.24. The van der Waals surface area contributed by atoms with Crippen molar-refractivity contribution in [1.29, 1.82) is 0 Å². The van der Waals surface area contributed by atoms with Crippen molar-refractivity contribution in [1.82, 2.24) is 14.9 Å². The minimum Gasteiger partial charge on any atom is -0.207 e. The Morgan fingerprint density at radius 1 is 1.12 bits per heavy atom. The molecule has 0 amide bonds. The Morgan fingerprint density at radius 3 is 2.46 bits per heavy atom. The lowest BCUT2D eigenvalue weighted by atomic mass is 10.2. The van der Waals surface area contributed by atoms with E-state index in [1.54, 1.807) is 34.8 Å². The van der Waals surface area contributed by atoms with Gasteiger partial charge < -0.3 is 0 Å². The lowest BCUT2D eigenvalue weighted by Gasteiger charge is -2.06. The molecule has 3 rings (SSSR count). The molecule has 7 heteroatoms. The third-order valence-corrected chi connectivity index (χ3v) is 5.15. The van der Waals surface area contributed by atoms with Crippen LogP contribution in [0.1, 0.15) is 36.7 Å². The van der Waals surface area contributed by atoms with E-state index in [1.807, 2.05) is 12.1 Å². The molecule has 1 aromatic heterocycles. The van der Waals surface area contributed by atoms with Gasteiger partial charge >= 0.3 is 0 Å². The number of hydrogen-bond donors (Lipinski definition) is 0. The highest BCUT2D eigenvalue weighted by Crippen LogP contribution is 2.25. The summed E-state index contributed by atoms with van der Waals surface area (Å²) in [4.78, 5) is 0. The van der Waals surface area contributed by atoms with Crippen molar-refractivity contribution in [3.63, 3.8) is 0 Å². The highest BCUT2D eigenvalue weighted by molar-refractivity contribution is 9.10. The summed E-state index contributed by atoms with van der Waals surface area (Å²) in [6.07, 6.45) is 1.69. The number of rotatable bonds is 6. The molecular weight excluding hydrogens is 415 g/mol. The minimum absolute atomic E-state index is 0.190. The predicted molar refractivity (Wildman–Crippen MR) is 107 cm³/mol. The second-order valence-electron chi connectivity index (χ2n) is 6.02. The standard InChI is InChI=1S/C19H18BrFN4S/c1-13(2)18-23-24-19(26-12-15-3-7-16(20)8-4-15)25(18)22-11-14-5-9-17(21)10-6-14/h3-11,13H,12H2,1-2H3/b22-11-. The highest BCUT2D eigenvalue weighted by Gasteiger charge is 2.15. The van der Waals surface area contributed by atoms with Crippen molar-refractivity contribution < 1.29 is 4.39 Å². The normalized spacial score (nSPS) is 11.6. The molecule has 2 aromatic carbocycles. The van der Waals surface area contributed by atoms with E-state index in [-0.39, 0.29) is 11.7 Å². The van der Waals surface area contributed by atoms with E-state index in [9.17, 15) is 4.39 Å². The van der Waals surface area contributed by atoms with Crippen molar-refractivity contribution in [3.8, 4) is 0 Å². The average Bonchev–Trinajstić information content (AvgIpc) is 3.04. The average molecular weight is 433 g/mol. The molecule has 0 saturated carbocycles. The number of aromatic nitrogens is 3. The van der Waals surface area contributed by atoms with Gasteiger partial charge in [-0.25, -0.2) is 4.39 Å². The Bertz CT molecular complexity index is 889. The number of nitrogens with zero attached hydrogens (tertiary/aromatic N) is 4. The van der Waals surface area contributed by atoms with Gasteiger partial charge in [0.1, 0.15) is 5.82 Å². The second-order valence-corrected chi connectivity index (χ2v) is 7.88. The van der Waals surface area contributed by atoms with Gasteiger partial charge in [0.2, 0.25) is 5.16 Å². The third kappa shape index (κ3) is 4.80. The first-order chi connectivity index (χ1) is 12.5. The summed E-state index contributed by atoms with van der Waals surface area (Å²) >= 11 is 5.03. The van der Waals surface area contributed by atoms with Gasteiger partial charge in [-0.15, -0.1) is 10.2 Å². The summed E-state index contributed by atoms with van der Waals surface area (Å²) in [5, 5.41) is 13.8. The van der Waals surface area contributed by atoms with Crippen molar-refractivity contribution in [2.75, 3.05) is 0 Å². The lowest BCUT2D eigenvalue weighted by Crippen LogP contribution is -2.02. The molecule has 0 fully saturated rings. The first-order valence-electron chi connectivity index (χ1n) is 8.15. The first-order valence-corrected chi connectivity index (χ1v) is 9.93. The predicted octanol–water partition coefficient (Wildman–Crippen LogP) is 5.48. The summed E-state index contributed by atoms with van der Waals surface area (Å²) in [7, 11) is 0. The molecule has 26 heavy (non-hydrogen) atoms. The summed E-state index contributed by atoms with van der Waals surface area (Å²) in [6, 6.07) is 14.4. The maximum absolute atomic E-state index is 13.0. The van der Waals surface area contributed by atoms with E-state index in [4.69, 9.17) is 0 Å². The van der Waals surface area contributed by atoms with Crippen LogP contribution < -0.4 is 0 Å². The van der Waals surface area contributed by atoms with Crippen LogP contribution >= 0.6 is 27.7 Å². The fraction of sp³-hybridized carbons (Fsp3) is 0.211. The molecular formula is C19H18BrFN4S. The molecule has 0 aliphatic heterocycles. The molecule has 0 radical (unpaired) electrons. The van der Waals surface area contributed by atoms with E-state index in [0.29, 0.717) is 0 Å². The van der Waals surface area contributed by atoms with Gasteiger partial charge in [-0.05, 0) is 35.4 Å². The molecule has 0 spiro atoms. The SMILES string of the molecule is CC(C)c1nnc(SCc2ccc(Br)cc2)n1/N=C\c1ccc(F)cc1. The molecule has 0 unspecified atom stereocenters. The van der Waals surface area contributed by atoms with Crippen LogP contribution in [0.25, 0.3) is 0 Å². The Labute approximate surface area is 164 Å². The molecule has 0 saturated heterocycles. The van der Waals surface area contributed by atoms with Crippen LogP contribution in [-0.4, -0.2) is 21.1 Å². The van der Waals surface area contributed by atoms with Crippen LogP contribution in [0.15, 0.2) is 63.3 Å². The van der Waals surface area contributed by atoms with Gasteiger partial charge in [0, 0.05) is 16.1 Å². The van der Waals surface area contributed by atoms with Crippen LogP contribution in [0, 0.1) is 5.82 Å².